The molecule has 0 heterocycles. The Hall–Kier alpha value is -0.900. The van der Waals surface area contributed by atoms with Gasteiger partial charge in [-0.05, 0) is 0 Å². The van der Waals surface area contributed by atoms with Crippen LogP contribution in [0.15, 0.2) is 0 Å². The molecule has 0 saturated carbocycles. The lowest BCUT2D eigenvalue weighted by atomic mass is 10.4. The van der Waals surface area contributed by atoms with Crippen LogP contribution in [0.2, 0.25) is 0 Å². The van der Waals surface area contributed by atoms with E-state index in [0.29, 0.717) is 0 Å². The summed E-state index contributed by atoms with van der Waals surface area (Å²) < 4.78 is 0. The van der Waals surface area contributed by atoms with Crippen LogP contribution >= 0.6 is 0 Å². The van der Waals surface area contributed by atoms with Gasteiger partial charge in [-0.25, -0.2) is 0 Å². The fraction of sp³-hybridized carbons (Fsp3) is 0.333. The van der Waals surface area contributed by atoms with Gasteiger partial charge in [0.25, 0.3) is 0 Å². The minimum absolute atomic E-state index is 0.595. The highest BCUT2D eigenvalue weighted by Gasteiger charge is 1.98. The van der Waals surface area contributed by atoms with E-state index in [0.717, 1.165) is 0 Å². The first-order chi connectivity index (χ1) is 3.18. The molecule has 4 nitrogen and oxygen atoms in total. The Balaban J connectivity index is 3.58. The van der Waals surface area contributed by atoms with E-state index >= 15 is 0 Å². The largest absolute Gasteiger partial charge is 0.388 e. The molecule has 4 N–H and O–H groups in total. The van der Waals surface area contributed by atoms with E-state index in [-0.39, 0.29) is 0 Å². The zero-order valence-corrected chi connectivity index (χ0v) is 3.64. The fourth-order valence-electron chi connectivity index (χ4n) is 0.0852. The average Bonchev–Trinajstić information content (AvgIpc) is 1.65. The molecule has 0 aliphatic carbocycles. The van der Waals surface area contributed by atoms with Gasteiger partial charge in [0.2, 0.25) is 5.78 Å². The molecule has 0 aromatic carbocycles. The molecule has 0 spiro atoms. The molecular weight excluding hydrogens is 96.0 g/mol. The van der Waals surface area contributed by atoms with Crippen LogP contribution in [0.3, 0.4) is 0 Å². The van der Waals surface area contributed by atoms with Crippen molar-refractivity contribution in [2.45, 2.75) is 0 Å². The van der Waals surface area contributed by atoms with Crippen LogP contribution in [0.5, 0.6) is 0 Å². The van der Waals surface area contributed by atoms with Gasteiger partial charge < -0.3 is 10.8 Å². The molecule has 0 rings (SSSR count). The highest BCUT2D eigenvalue weighted by molar-refractivity contribution is 6.37. The maximum absolute atomic E-state index is 9.91. The number of amidine groups is 1. The van der Waals surface area contributed by atoms with E-state index in [1.165, 1.54) is 0 Å². The van der Waals surface area contributed by atoms with Crippen LogP contribution in [0.4, 0.5) is 0 Å². The summed E-state index contributed by atoms with van der Waals surface area (Å²) in [7, 11) is 0. The number of nitrogens with two attached hydrogens (primary N) is 1. The highest BCUT2D eigenvalue weighted by atomic mass is 16.3. The monoisotopic (exact) mass is 102 g/mol. The number of carbonyl (C=O) groups is 1. The Labute approximate surface area is 40.5 Å². The molecule has 0 saturated heterocycles. The van der Waals surface area contributed by atoms with Crippen molar-refractivity contribution < 1.29 is 9.90 Å². The summed E-state index contributed by atoms with van der Waals surface area (Å²) in [5.41, 5.74) is 4.62. The molecule has 4 heteroatoms. The number of Topliss-reactive ketones (excluding diaryl/α,β-unsaturated/α-hetero) is 1. The van der Waals surface area contributed by atoms with Gasteiger partial charge in [-0.3, -0.25) is 10.2 Å². The molecule has 0 bridgehead atoms. The maximum Gasteiger partial charge on any atom is 0.222 e. The van der Waals surface area contributed by atoms with Gasteiger partial charge in [-0.1, -0.05) is 0 Å². The Morgan fingerprint density at radius 1 is 1.86 bits per heavy atom. The number of hydrogen-bond acceptors (Lipinski definition) is 3. The van der Waals surface area contributed by atoms with Gasteiger partial charge >= 0.3 is 0 Å². The van der Waals surface area contributed by atoms with E-state index in [9.17, 15) is 4.79 Å². The predicted molar refractivity (Wildman–Crippen MR) is 24.0 cm³/mol. The number of nitrogens with one attached hydrogen (secondary N) is 1. The van der Waals surface area contributed by atoms with Crippen molar-refractivity contribution >= 4 is 11.6 Å². The lowest BCUT2D eigenvalue weighted by Crippen LogP contribution is -2.24. The minimum atomic E-state index is -0.736. The maximum atomic E-state index is 9.91. The van der Waals surface area contributed by atoms with E-state index in [1.807, 2.05) is 0 Å². The number of carbonyl (C=O) groups excluding carboxylic acids is 1. The van der Waals surface area contributed by atoms with E-state index in [4.69, 9.17) is 10.5 Å². The van der Waals surface area contributed by atoms with E-state index in [1.54, 1.807) is 0 Å². The van der Waals surface area contributed by atoms with Crippen molar-refractivity contribution in [3.05, 3.63) is 0 Å². The third-order valence-corrected chi connectivity index (χ3v) is 0.444. The predicted octanol–water partition coefficient (Wildman–Crippen LogP) is -1.52. The molecule has 0 fully saturated rings. The van der Waals surface area contributed by atoms with Gasteiger partial charge in [0.1, 0.15) is 6.61 Å². The first kappa shape index (κ1) is 6.10. The molecule has 40 valence electrons. The zero-order valence-electron chi connectivity index (χ0n) is 3.64. The van der Waals surface area contributed by atoms with Crippen molar-refractivity contribution in [3.8, 4) is 0 Å². The lowest BCUT2D eigenvalue weighted by molar-refractivity contribution is -0.115. The lowest BCUT2D eigenvalue weighted by Gasteiger charge is -1.85. The number of rotatable bonds is 2. The SMILES string of the molecule is N=C(N)C(=O)CO. The van der Waals surface area contributed by atoms with Crippen LogP contribution in [-0.4, -0.2) is 23.3 Å². The fourth-order valence-corrected chi connectivity index (χ4v) is 0.0852. The second kappa shape index (κ2) is 2.30. The molecule has 0 aliphatic rings. The molecule has 0 atom stereocenters. The second-order valence-corrected chi connectivity index (χ2v) is 0.995. The van der Waals surface area contributed by atoms with Crippen molar-refractivity contribution in [3.63, 3.8) is 0 Å². The Morgan fingerprint density at radius 2 is 2.29 bits per heavy atom. The molecule has 0 radical (unpaired) electrons. The van der Waals surface area contributed by atoms with Crippen LogP contribution in [-0.2, 0) is 4.79 Å². The van der Waals surface area contributed by atoms with Gasteiger partial charge in [0, 0.05) is 0 Å². The van der Waals surface area contributed by atoms with Gasteiger partial charge in [0.15, 0.2) is 5.84 Å². The summed E-state index contributed by atoms with van der Waals surface area (Å²) in [4.78, 5) is 9.91. The van der Waals surface area contributed by atoms with Crippen molar-refractivity contribution in [2.75, 3.05) is 6.61 Å². The summed E-state index contributed by atoms with van der Waals surface area (Å²) in [6.45, 7) is -0.671. The normalized spacial score (nSPS) is 8.14. The number of aliphatic hydroxyl groups excluding tert-OH is 1. The standard InChI is InChI=1S/C3H6N2O2/c4-3(5)2(7)1-6/h6H,1H2,(H3,4,5). The third kappa shape index (κ3) is 1.88. The molecule has 0 amide bonds. The van der Waals surface area contributed by atoms with Crippen LogP contribution < -0.4 is 5.73 Å². The van der Waals surface area contributed by atoms with Gasteiger partial charge in [-0.15, -0.1) is 0 Å². The topological polar surface area (TPSA) is 87.2 Å². The number of aliphatic hydroxyl groups is 1. The molecular formula is C3H6N2O2. The Bertz CT molecular complexity index is 99.1. The highest BCUT2D eigenvalue weighted by Crippen LogP contribution is 1.62. The van der Waals surface area contributed by atoms with E-state index in [2.05, 4.69) is 5.73 Å². The summed E-state index contributed by atoms with van der Waals surface area (Å²) in [6.07, 6.45) is 0. The summed E-state index contributed by atoms with van der Waals surface area (Å²) in [5.74, 6) is -1.33. The average molecular weight is 102 g/mol. The number of ketones is 1. The third-order valence-electron chi connectivity index (χ3n) is 0.444. The Morgan fingerprint density at radius 3 is 2.29 bits per heavy atom. The van der Waals surface area contributed by atoms with Gasteiger partial charge in [0.05, 0.1) is 0 Å². The quantitative estimate of drug-likeness (QED) is 0.292. The molecule has 0 aromatic rings. The molecule has 0 aromatic heterocycles. The summed E-state index contributed by atoms with van der Waals surface area (Å²) in [6, 6.07) is 0. The molecule has 0 aliphatic heterocycles. The van der Waals surface area contributed by atoms with Crippen LogP contribution in [0, 0.1) is 5.41 Å². The van der Waals surface area contributed by atoms with Crippen molar-refractivity contribution in [1.29, 1.82) is 5.41 Å². The van der Waals surface area contributed by atoms with Crippen molar-refractivity contribution in [1.82, 2.24) is 0 Å². The second-order valence-electron chi connectivity index (χ2n) is 0.995. The summed E-state index contributed by atoms with van der Waals surface area (Å²) >= 11 is 0. The Kier molecular flexibility index (Phi) is 2.01. The minimum Gasteiger partial charge on any atom is -0.388 e. The zero-order chi connectivity index (χ0) is 5.86. The van der Waals surface area contributed by atoms with Crippen LogP contribution in [0.25, 0.3) is 0 Å². The first-order valence-corrected chi connectivity index (χ1v) is 1.66. The smallest absolute Gasteiger partial charge is 0.222 e. The van der Waals surface area contributed by atoms with Crippen molar-refractivity contribution in [2.24, 2.45) is 5.73 Å². The van der Waals surface area contributed by atoms with Gasteiger partial charge in [-0.2, -0.15) is 0 Å². The molecule has 0 unspecified atom stereocenters. The van der Waals surface area contributed by atoms with Crippen LogP contribution in [0.1, 0.15) is 0 Å². The summed E-state index contributed by atoms with van der Waals surface area (Å²) in [5, 5.41) is 14.3. The number of hydrogen-bond donors (Lipinski definition) is 3. The van der Waals surface area contributed by atoms with E-state index < -0.39 is 18.2 Å². The molecule has 7 heavy (non-hydrogen) atoms. The first-order valence-electron chi connectivity index (χ1n) is 1.66.